The predicted octanol–water partition coefficient (Wildman–Crippen LogP) is 4.48. The van der Waals surface area contributed by atoms with Crippen LogP contribution >= 0.6 is 11.8 Å². The van der Waals surface area contributed by atoms with Gasteiger partial charge in [-0.05, 0) is 22.9 Å². The van der Waals surface area contributed by atoms with Gasteiger partial charge in [0, 0.05) is 18.4 Å². The number of amides is 1. The van der Waals surface area contributed by atoms with Gasteiger partial charge in [-0.15, -0.1) is 10.2 Å². The van der Waals surface area contributed by atoms with Gasteiger partial charge >= 0.3 is 0 Å². The van der Waals surface area contributed by atoms with E-state index in [4.69, 9.17) is 4.74 Å². The van der Waals surface area contributed by atoms with Crippen molar-refractivity contribution in [2.24, 2.45) is 0 Å². The van der Waals surface area contributed by atoms with Crippen LogP contribution < -0.4 is 5.32 Å². The van der Waals surface area contributed by atoms with Gasteiger partial charge in [-0.3, -0.25) is 9.36 Å². The van der Waals surface area contributed by atoms with Crippen LogP contribution in [0.1, 0.15) is 0 Å². The number of ether oxygens (including phenoxy) is 1. The van der Waals surface area contributed by atoms with Crippen molar-refractivity contribution in [1.29, 1.82) is 0 Å². The van der Waals surface area contributed by atoms with E-state index < -0.39 is 0 Å². The minimum Gasteiger partial charge on any atom is -0.383 e. The molecular weight excluding hydrogens is 396 g/mol. The van der Waals surface area contributed by atoms with Crippen LogP contribution in [0, 0.1) is 0 Å². The Morgan fingerprint density at radius 2 is 1.77 bits per heavy atom. The summed E-state index contributed by atoms with van der Waals surface area (Å²) in [6.45, 7) is 1.15. The number of methoxy groups -OCH3 is 1. The van der Waals surface area contributed by atoms with E-state index in [1.807, 2.05) is 77.4 Å². The van der Waals surface area contributed by atoms with Crippen LogP contribution in [0.3, 0.4) is 0 Å². The lowest BCUT2D eigenvalue weighted by atomic mass is 10.1. The zero-order valence-corrected chi connectivity index (χ0v) is 17.4. The third-order valence-corrected chi connectivity index (χ3v) is 5.60. The fourth-order valence-electron chi connectivity index (χ4n) is 3.17. The Bertz CT molecular complexity index is 1140. The van der Waals surface area contributed by atoms with Crippen molar-refractivity contribution in [2.75, 3.05) is 24.8 Å². The molecule has 0 bridgehead atoms. The number of carbonyl (C=O) groups excluding carboxylic acids is 1. The van der Waals surface area contributed by atoms with Crippen LogP contribution in [0.4, 0.5) is 5.69 Å². The standard InChI is InChI=1S/C23H22N4O2S/c1-29-14-13-27-22(18-8-3-2-4-9-18)25-26-23(27)30-16-21(28)24-20-12-11-17-7-5-6-10-19(17)15-20/h2-12,15H,13-14,16H2,1H3,(H,24,28). The molecule has 0 radical (unpaired) electrons. The Morgan fingerprint density at radius 3 is 2.57 bits per heavy atom. The summed E-state index contributed by atoms with van der Waals surface area (Å²) in [5.41, 5.74) is 1.76. The predicted molar refractivity (Wildman–Crippen MR) is 121 cm³/mol. The number of hydrogen-bond donors (Lipinski definition) is 1. The number of rotatable bonds is 8. The van der Waals surface area contributed by atoms with E-state index in [0.29, 0.717) is 18.3 Å². The maximum atomic E-state index is 12.5. The van der Waals surface area contributed by atoms with Gasteiger partial charge < -0.3 is 10.1 Å². The summed E-state index contributed by atoms with van der Waals surface area (Å²) in [4.78, 5) is 12.5. The van der Waals surface area contributed by atoms with Crippen LogP contribution in [-0.2, 0) is 16.1 Å². The molecule has 6 nitrogen and oxygen atoms in total. The van der Waals surface area contributed by atoms with Gasteiger partial charge in [-0.25, -0.2) is 0 Å². The van der Waals surface area contributed by atoms with Gasteiger partial charge in [0.25, 0.3) is 0 Å². The molecule has 4 aromatic rings. The topological polar surface area (TPSA) is 69.0 Å². The molecule has 152 valence electrons. The molecule has 1 aromatic heterocycles. The number of nitrogens with zero attached hydrogens (tertiary/aromatic N) is 3. The van der Waals surface area contributed by atoms with E-state index in [0.717, 1.165) is 27.8 Å². The van der Waals surface area contributed by atoms with E-state index in [-0.39, 0.29) is 11.7 Å². The fraction of sp³-hybridized carbons (Fsp3) is 0.174. The molecule has 3 aromatic carbocycles. The number of fused-ring (bicyclic) bond motifs is 1. The number of hydrogen-bond acceptors (Lipinski definition) is 5. The molecule has 0 aliphatic rings. The maximum Gasteiger partial charge on any atom is 0.234 e. The van der Waals surface area contributed by atoms with E-state index in [1.165, 1.54) is 11.8 Å². The number of benzene rings is 3. The highest BCUT2D eigenvalue weighted by Crippen LogP contribution is 2.24. The zero-order chi connectivity index (χ0) is 20.8. The van der Waals surface area contributed by atoms with Crippen LogP contribution in [0.25, 0.3) is 22.2 Å². The maximum absolute atomic E-state index is 12.5. The minimum absolute atomic E-state index is 0.0853. The monoisotopic (exact) mass is 418 g/mol. The Labute approximate surface area is 179 Å². The fourth-order valence-corrected chi connectivity index (χ4v) is 3.94. The highest BCUT2D eigenvalue weighted by atomic mass is 32.2. The Hall–Kier alpha value is -3.16. The molecule has 30 heavy (non-hydrogen) atoms. The molecule has 7 heteroatoms. The van der Waals surface area contributed by atoms with Gasteiger partial charge in [0.1, 0.15) is 0 Å². The molecule has 1 N–H and O–H groups in total. The van der Waals surface area contributed by atoms with Crippen molar-refractivity contribution in [3.63, 3.8) is 0 Å². The molecule has 0 unspecified atom stereocenters. The van der Waals surface area contributed by atoms with E-state index in [2.05, 4.69) is 15.5 Å². The molecule has 0 saturated carbocycles. The molecule has 0 spiro atoms. The zero-order valence-electron chi connectivity index (χ0n) is 16.6. The van der Waals surface area contributed by atoms with E-state index >= 15 is 0 Å². The number of anilines is 1. The number of aromatic nitrogens is 3. The van der Waals surface area contributed by atoms with Crippen LogP contribution in [0.2, 0.25) is 0 Å². The van der Waals surface area contributed by atoms with E-state index in [9.17, 15) is 4.79 Å². The smallest absolute Gasteiger partial charge is 0.234 e. The van der Waals surface area contributed by atoms with Crippen molar-refractivity contribution >= 4 is 34.1 Å². The molecule has 0 aliphatic carbocycles. The SMILES string of the molecule is COCCn1c(SCC(=O)Nc2ccc3ccccc3c2)nnc1-c1ccccc1. The van der Waals surface area contributed by atoms with Crippen molar-refractivity contribution in [3.05, 3.63) is 72.8 Å². The van der Waals surface area contributed by atoms with Gasteiger partial charge in [0.15, 0.2) is 11.0 Å². The Morgan fingerprint density at radius 1 is 1.00 bits per heavy atom. The van der Waals surface area contributed by atoms with E-state index in [1.54, 1.807) is 7.11 Å². The average molecular weight is 419 g/mol. The van der Waals surface area contributed by atoms with Crippen LogP contribution in [0.5, 0.6) is 0 Å². The number of carbonyl (C=O) groups is 1. The molecule has 4 rings (SSSR count). The first-order valence-electron chi connectivity index (χ1n) is 9.63. The lowest BCUT2D eigenvalue weighted by molar-refractivity contribution is -0.113. The Kier molecular flexibility index (Phi) is 6.41. The lowest BCUT2D eigenvalue weighted by Gasteiger charge is -2.10. The second-order valence-corrected chi connectivity index (χ2v) is 7.66. The quantitative estimate of drug-likeness (QED) is 0.428. The first-order valence-corrected chi connectivity index (χ1v) is 10.6. The summed E-state index contributed by atoms with van der Waals surface area (Å²) in [5.74, 6) is 0.926. The first-order chi connectivity index (χ1) is 14.7. The third-order valence-electron chi connectivity index (χ3n) is 4.63. The second-order valence-electron chi connectivity index (χ2n) is 6.72. The van der Waals surface area contributed by atoms with Crippen molar-refractivity contribution in [3.8, 4) is 11.4 Å². The van der Waals surface area contributed by atoms with Gasteiger partial charge in [0.2, 0.25) is 5.91 Å². The van der Waals surface area contributed by atoms with Crippen molar-refractivity contribution < 1.29 is 9.53 Å². The highest BCUT2D eigenvalue weighted by Gasteiger charge is 2.15. The second kappa shape index (κ2) is 9.56. The molecule has 0 atom stereocenters. The molecule has 0 fully saturated rings. The summed E-state index contributed by atoms with van der Waals surface area (Å²) >= 11 is 1.37. The van der Waals surface area contributed by atoms with Crippen molar-refractivity contribution in [1.82, 2.24) is 14.8 Å². The molecule has 0 aliphatic heterocycles. The molecule has 1 heterocycles. The Balaban J connectivity index is 1.45. The van der Waals surface area contributed by atoms with Crippen LogP contribution in [0.15, 0.2) is 78.0 Å². The summed E-state index contributed by atoms with van der Waals surface area (Å²) in [6, 6.07) is 23.9. The summed E-state index contributed by atoms with van der Waals surface area (Å²) in [6.07, 6.45) is 0. The minimum atomic E-state index is -0.0853. The number of nitrogens with one attached hydrogen (secondary N) is 1. The van der Waals surface area contributed by atoms with Gasteiger partial charge in [-0.2, -0.15) is 0 Å². The lowest BCUT2D eigenvalue weighted by Crippen LogP contribution is -2.15. The normalized spacial score (nSPS) is 11.0. The molecule has 0 saturated heterocycles. The number of thioether (sulfide) groups is 1. The van der Waals surface area contributed by atoms with Gasteiger partial charge in [-0.1, -0.05) is 72.4 Å². The summed E-state index contributed by atoms with van der Waals surface area (Å²) in [7, 11) is 1.66. The first kappa shape index (κ1) is 20.1. The molecular formula is C23H22N4O2S. The average Bonchev–Trinajstić information content (AvgIpc) is 3.19. The van der Waals surface area contributed by atoms with Crippen molar-refractivity contribution in [2.45, 2.75) is 11.7 Å². The third kappa shape index (κ3) is 4.69. The summed E-state index contributed by atoms with van der Waals surface area (Å²) < 4.78 is 7.23. The van der Waals surface area contributed by atoms with Crippen LogP contribution in [-0.4, -0.2) is 40.1 Å². The summed E-state index contributed by atoms with van der Waals surface area (Å²) in [5, 5.41) is 14.5. The van der Waals surface area contributed by atoms with Gasteiger partial charge in [0.05, 0.1) is 18.9 Å². The largest absolute Gasteiger partial charge is 0.383 e. The highest BCUT2D eigenvalue weighted by molar-refractivity contribution is 7.99. The molecule has 1 amide bonds.